The fourth-order valence-electron chi connectivity index (χ4n) is 3.56. The molecule has 1 aliphatic heterocycles. The second kappa shape index (κ2) is 9.40. The molecule has 2 aliphatic rings. The van der Waals surface area contributed by atoms with Crippen LogP contribution in [0.2, 0.25) is 0 Å². The lowest BCUT2D eigenvalue weighted by Gasteiger charge is -2.30. The maximum absolute atomic E-state index is 13.2. The van der Waals surface area contributed by atoms with Crippen LogP contribution in [0.15, 0.2) is 10.6 Å². The minimum absolute atomic E-state index is 0.0348. The summed E-state index contributed by atoms with van der Waals surface area (Å²) in [6.07, 6.45) is 2.04. The van der Waals surface area contributed by atoms with Crippen molar-refractivity contribution in [1.29, 1.82) is 0 Å². The van der Waals surface area contributed by atoms with Crippen molar-refractivity contribution in [2.24, 2.45) is 11.3 Å². The van der Waals surface area contributed by atoms with Gasteiger partial charge in [-0.05, 0) is 58.8 Å². The van der Waals surface area contributed by atoms with Gasteiger partial charge in [0.15, 0.2) is 5.69 Å². The number of nitrogens with zero attached hydrogens (tertiary/aromatic N) is 2. The Morgan fingerprint density at radius 3 is 2.58 bits per heavy atom. The molecule has 2 heterocycles. The number of aryl methyl sites for hydroxylation is 1. The molecule has 3 N–H and O–H groups in total. The third-order valence-electron chi connectivity index (χ3n) is 5.71. The predicted octanol–water partition coefficient (Wildman–Crippen LogP) is 1.68. The van der Waals surface area contributed by atoms with Gasteiger partial charge in [-0.15, -0.1) is 0 Å². The van der Waals surface area contributed by atoms with Crippen LogP contribution in [0.1, 0.15) is 69.6 Å². The van der Waals surface area contributed by atoms with E-state index in [4.69, 9.17) is 9.26 Å². The van der Waals surface area contributed by atoms with Gasteiger partial charge in [-0.1, -0.05) is 12.1 Å². The Morgan fingerprint density at radius 2 is 2.06 bits per heavy atom. The SMILES string of the molecule is Cc1cc(C(=O)N[C@@H](CC2(C)CC2)C(=O)NN(C[C@@H]2CCNC2=O)C(=O)OC(C)(C)C)no1. The smallest absolute Gasteiger partial charge is 0.429 e. The first-order valence-electron chi connectivity index (χ1n) is 11.2. The van der Waals surface area contributed by atoms with Gasteiger partial charge >= 0.3 is 6.09 Å². The Balaban J connectivity index is 1.74. The fourth-order valence-corrected chi connectivity index (χ4v) is 3.56. The molecule has 0 aromatic carbocycles. The molecule has 33 heavy (non-hydrogen) atoms. The second-order valence-corrected chi connectivity index (χ2v) is 10.2. The zero-order valence-electron chi connectivity index (χ0n) is 19.8. The highest BCUT2D eigenvalue weighted by Gasteiger charge is 2.42. The molecule has 0 bridgehead atoms. The molecule has 0 spiro atoms. The summed E-state index contributed by atoms with van der Waals surface area (Å²) >= 11 is 0. The van der Waals surface area contributed by atoms with Gasteiger partial charge in [0.05, 0.1) is 12.5 Å². The van der Waals surface area contributed by atoms with Crippen molar-refractivity contribution in [2.45, 2.75) is 71.9 Å². The first-order valence-corrected chi connectivity index (χ1v) is 11.2. The molecule has 0 radical (unpaired) electrons. The van der Waals surface area contributed by atoms with E-state index in [2.05, 4.69) is 21.2 Å². The van der Waals surface area contributed by atoms with Crippen LogP contribution < -0.4 is 16.1 Å². The monoisotopic (exact) mass is 463 g/mol. The Morgan fingerprint density at radius 1 is 1.36 bits per heavy atom. The highest BCUT2D eigenvalue weighted by atomic mass is 16.6. The van der Waals surface area contributed by atoms with Crippen molar-refractivity contribution < 1.29 is 28.4 Å². The summed E-state index contributed by atoms with van der Waals surface area (Å²) in [5.74, 6) is -1.29. The molecular weight excluding hydrogens is 430 g/mol. The zero-order chi connectivity index (χ0) is 24.4. The molecule has 0 unspecified atom stereocenters. The quantitative estimate of drug-likeness (QED) is 0.522. The van der Waals surface area contributed by atoms with Crippen molar-refractivity contribution in [1.82, 2.24) is 26.2 Å². The summed E-state index contributed by atoms with van der Waals surface area (Å²) in [6, 6.07) is 0.568. The van der Waals surface area contributed by atoms with Crippen LogP contribution in [0, 0.1) is 18.3 Å². The van der Waals surface area contributed by atoms with Crippen LogP contribution in [0.3, 0.4) is 0 Å². The predicted molar refractivity (Wildman–Crippen MR) is 117 cm³/mol. The van der Waals surface area contributed by atoms with Crippen LogP contribution >= 0.6 is 0 Å². The number of hydrogen-bond donors (Lipinski definition) is 3. The van der Waals surface area contributed by atoms with E-state index in [9.17, 15) is 19.2 Å². The lowest BCUT2D eigenvalue weighted by molar-refractivity contribution is -0.130. The summed E-state index contributed by atoms with van der Waals surface area (Å²) in [6.45, 7) is 9.31. The van der Waals surface area contributed by atoms with Gasteiger partial charge in [0.1, 0.15) is 17.4 Å². The number of carbonyl (C=O) groups is 4. The highest BCUT2D eigenvalue weighted by Crippen LogP contribution is 2.48. The van der Waals surface area contributed by atoms with Crippen LogP contribution in [-0.2, 0) is 14.3 Å². The van der Waals surface area contributed by atoms with E-state index in [0.29, 0.717) is 25.1 Å². The Hall–Kier alpha value is -3.11. The summed E-state index contributed by atoms with van der Waals surface area (Å²) < 4.78 is 10.4. The maximum Gasteiger partial charge on any atom is 0.429 e. The van der Waals surface area contributed by atoms with Crippen LogP contribution in [0.5, 0.6) is 0 Å². The largest absolute Gasteiger partial charge is 0.442 e. The van der Waals surface area contributed by atoms with Gasteiger partial charge in [0.2, 0.25) is 5.91 Å². The van der Waals surface area contributed by atoms with Gasteiger partial charge in [-0.3, -0.25) is 19.8 Å². The van der Waals surface area contributed by atoms with Crippen molar-refractivity contribution >= 4 is 23.8 Å². The molecule has 11 nitrogen and oxygen atoms in total. The lowest BCUT2D eigenvalue weighted by Crippen LogP contribution is -2.56. The number of ether oxygens (including phenoxy) is 1. The van der Waals surface area contributed by atoms with Gasteiger partial charge < -0.3 is 19.9 Å². The third kappa shape index (κ3) is 6.93. The molecule has 1 aromatic heterocycles. The standard InChI is InChI=1S/C22H33N5O6/c1-13-10-15(26-33-13)18(29)24-16(11-22(5)7-8-22)19(30)25-27(20(31)32-21(2,3)4)12-14-6-9-23-17(14)28/h10,14,16H,6-9,11-12H2,1-5H3,(H,23,28)(H,24,29)(H,25,30)/t14-,16-/m0/s1. The molecule has 182 valence electrons. The van der Waals surface area contributed by atoms with Crippen LogP contribution in [0.4, 0.5) is 4.79 Å². The number of rotatable bonds is 7. The van der Waals surface area contributed by atoms with E-state index in [0.717, 1.165) is 17.9 Å². The molecule has 2 atom stereocenters. The molecule has 1 aromatic rings. The summed E-state index contributed by atoms with van der Waals surface area (Å²) in [5.41, 5.74) is 1.78. The molecular formula is C22H33N5O6. The van der Waals surface area contributed by atoms with Crippen molar-refractivity contribution in [3.8, 4) is 0 Å². The average Bonchev–Trinajstić information content (AvgIpc) is 3.07. The number of nitrogens with one attached hydrogen (secondary N) is 3. The van der Waals surface area contributed by atoms with Crippen molar-refractivity contribution in [3.05, 3.63) is 17.5 Å². The maximum atomic E-state index is 13.2. The second-order valence-electron chi connectivity index (χ2n) is 10.2. The first kappa shape index (κ1) is 24.5. The minimum Gasteiger partial charge on any atom is -0.442 e. The van der Waals surface area contributed by atoms with E-state index >= 15 is 0 Å². The van der Waals surface area contributed by atoms with Gasteiger partial charge in [-0.25, -0.2) is 9.80 Å². The van der Waals surface area contributed by atoms with E-state index in [1.165, 1.54) is 6.07 Å². The van der Waals surface area contributed by atoms with Crippen molar-refractivity contribution in [2.75, 3.05) is 13.1 Å². The molecule has 1 aliphatic carbocycles. The van der Waals surface area contributed by atoms with Crippen LogP contribution in [-0.4, -0.2) is 58.7 Å². The van der Waals surface area contributed by atoms with E-state index in [-0.39, 0.29) is 23.6 Å². The molecule has 1 saturated carbocycles. The average molecular weight is 464 g/mol. The van der Waals surface area contributed by atoms with Gasteiger partial charge in [0.25, 0.3) is 11.8 Å². The summed E-state index contributed by atoms with van der Waals surface area (Å²) in [4.78, 5) is 50.7. The Kier molecular flexibility index (Phi) is 6.99. The topological polar surface area (TPSA) is 143 Å². The Labute approximate surface area is 192 Å². The van der Waals surface area contributed by atoms with E-state index in [1.807, 2.05) is 6.92 Å². The Bertz CT molecular complexity index is 917. The number of amides is 4. The zero-order valence-corrected chi connectivity index (χ0v) is 19.8. The molecule has 4 amide bonds. The van der Waals surface area contributed by atoms with Gasteiger partial charge in [0, 0.05) is 12.6 Å². The normalized spacial score (nSPS) is 19.9. The fraction of sp³-hybridized carbons (Fsp3) is 0.682. The summed E-state index contributed by atoms with van der Waals surface area (Å²) in [5, 5.41) is 10.2. The highest BCUT2D eigenvalue weighted by molar-refractivity contribution is 5.96. The third-order valence-corrected chi connectivity index (χ3v) is 5.71. The number of aromatic nitrogens is 1. The molecule has 3 rings (SSSR count). The van der Waals surface area contributed by atoms with Crippen LogP contribution in [0.25, 0.3) is 0 Å². The summed E-state index contributed by atoms with van der Waals surface area (Å²) in [7, 11) is 0. The molecule has 1 saturated heterocycles. The lowest BCUT2D eigenvalue weighted by atomic mass is 9.98. The van der Waals surface area contributed by atoms with E-state index < -0.39 is 35.5 Å². The number of carbonyl (C=O) groups excluding carboxylic acids is 4. The minimum atomic E-state index is -0.913. The first-order chi connectivity index (χ1) is 15.3. The van der Waals surface area contributed by atoms with Gasteiger partial charge in [-0.2, -0.15) is 0 Å². The van der Waals surface area contributed by atoms with E-state index in [1.54, 1.807) is 27.7 Å². The number of hydrazine groups is 1. The molecule has 11 heteroatoms. The number of hydrogen-bond acceptors (Lipinski definition) is 7. The van der Waals surface area contributed by atoms with Crippen molar-refractivity contribution in [3.63, 3.8) is 0 Å². The molecule has 2 fully saturated rings.